The summed E-state index contributed by atoms with van der Waals surface area (Å²) in [4.78, 5) is 16.8. The summed E-state index contributed by atoms with van der Waals surface area (Å²) in [7, 11) is 0. The number of pyridine rings is 1. The van der Waals surface area contributed by atoms with Gasteiger partial charge in [0.05, 0.1) is 6.04 Å². The predicted molar refractivity (Wildman–Crippen MR) is 61.6 cm³/mol. The standard InChI is InChI=1S/C10H10ClN5O/c11-8-3-2-7-10(13-8)15-16(14-7)6-1-4-9(17)12-5-6/h2-3,6H,1,4-5H2,(H,12,17)/t6-/m1/s1. The van der Waals surface area contributed by atoms with Gasteiger partial charge in [0.25, 0.3) is 0 Å². The van der Waals surface area contributed by atoms with Crippen molar-refractivity contribution in [2.45, 2.75) is 18.9 Å². The van der Waals surface area contributed by atoms with Crippen LogP contribution in [0.3, 0.4) is 0 Å². The summed E-state index contributed by atoms with van der Waals surface area (Å²) in [6, 6.07) is 3.57. The van der Waals surface area contributed by atoms with Crippen molar-refractivity contribution in [2.75, 3.05) is 6.54 Å². The summed E-state index contributed by atoms with van der Waals surface area (Å²) in [6.45, 7) is 0.563. The zero-order valence-electron chi connectivity index (χ0n) is 8.93. The lowest BCUT2D eigenvalue weighted by Crippen LogP contribution is -2.36. The molecule has 2 aromatic heterocycles. The molecule has 17 heavy (non-hydrogen) atoms. The van der Waals surface area contributed by atoms with E-state index in [0.717, 1.165) is 6.42 Å². The topological polar surface area (TPSA) is 72.7 Å². The lowest BCUT2D eigenvalue weighted by molar-refractivity contribution is -0.122. The number of nitrogens with zero attached hydrogens (tertiary/aromatic N) is 4. The molecule has 1 amide bonds. The Bertz CT molecular complexity index is 571. The van der Waals surface area contributed by atoms with Crippen molar-refractivity contribution in [2.24, 2.45) is 0 Å². The molecule has 3 rings (SSSR count). The van der Waals surface area contributed by atoms with Crippen molar-refractivity contribution in [3.8, 4) is 0 Å². The molecule has 1 fully saturated rings. The molecule has 3 heterocycles. The molecule has 1 aliphatic rings. The van der Waals surface area contributed by atoms with Crippen molar-refractivity contribution in [1.82, 2.24) is 25.3 Å². The van der Waals surface area contributed by atoms with Gasteiger partial charge in [-0.25, -0.2) is 4.98 Å². The van der Waals surface area contributed by atoms with Crippen LogP contribution in [-0.4, -0.2) is 32.4 Å². The zero-order chi connectivity index (χ0) is 11.8. The van der Waals surface area contributed by atoms with Gasteiger partial charge in [0.2, 0.25) is 11.6 Å². The van der Waals surface area contributed by atoms with E-state index in [4.69, 9.17) is 11.6 Å². The Morgan fingerprint density at radius 3 is 3.06 bits per heavy atom. The Labute approximate surface area is 102 Å². The SMILES string of the molecule is O=C1CC[C@@H](n2nc3ccc(Cl)nc3n2)CN1. The van der Waals surface area contributed by atoms with Crippen LogP contribution in [0.4, 0.5) is 0 Å². The zero-order valence-corrected chi connectivity index (χ0v) is 9.68. The molecule has 0 bridgehead atoms. The number of amides is 1. The van der Waals surface area contributed by atoms with Crippen LogP contribution < -0.4 is 5.32 Å². The Balaban J connectivity index is 1.92. The Kier molecular flexibility index (Phi) is 2.44. The summed E-state index contributed by atoms with van der Waals surface area (Å²) in [5, 5.41) is 11.8. The Hall–Kier alpha value is -1.69. The Morgan fingerprint density at radius 1 is 1.41 bits per heavy atom. The molecule has 0 unspecified atom stereocenters. The van der Waals surface area contributed by atoms with Crippen molar-refractivity contribution < 1.29 is 4.79 Å². The average molecular weight is 252 g/mol. The normalized spacial score (nSPS) is 20.5. The third-order valence-corrected chi connectivity index (χ3v) is 3.00. The number of fused-ring (bicyclic) bond motifs is 1. The largest absolute Gasteiger partial charge is 0.354 e. The minimum atomic E-state index is 0.0825. The van der Waals surface area contributed by atoms with E-state index in [9.17, 15) is 4.79 Å². The van der Waals surface area contributed by atoms with Crippen molar-refractivity contribution in [1.29, 1.82) is 0 Å². The van der Waals surface area contributed by atoms with Gasteiger partial charge in [-0.15, -0.1) is 5.10 Å². The van der Waals surface area contributed by atoms with Gasteiger partial charge in [-0.3, -0.25) is 4.79 Å². The Morgan fingerprint density at radius 2 is 2.29 bits per heavy atom. The maximum absolute atomic E-state index is 11.1. The van der Waals surface area contributed by atoms with Crippen molar-refractivity contribution in [3.05, 3.63) is 17.3 Å². The molecular formula is C10H10ClN5O. The second kappa shape index (κ2) is 3.96. The fourth-order valence-electron chi connectivity index (χ4n) is 1.88. The van der Waals surface area contributed by atoms with Gasteiger partial charge < -0.3 is 5.32 Å². The minimum absolute atomic E-state index is 0.0825. The molecular weight excluding hydrogens is 242 g/mol. The summed E-state index contributed by atoms with van der Waals surface area (Å²) < 4.78 is 0. The van der Waals surface area contributed by atoms with Crippen LogP contribution in [0.2, 0.25) is 5.15 Å². The highest BCUT2D eigenvalue weighted by molar-refractivity contribution is 6.29. The first kappa shape index (κ1) is 10.5. The summed E-state index contributed by atoms with van der Waals surface area (Å²) in [5.74, 6) is 0.0825. The van der Waals surface area contributed by atoms with Crippen molar-refractivity contribution in [3.63, 3.8) is 0 Å². The van der Waals surface area contributed by atoms with E-state index in [-0.39, 0.29) is 11.9 Å². The van der Waals surface area contributed by atoms with E-state index in [1.54, 1.807) is 16.9 Å². The van der Waals surface area contributed by atoms with Gasteiger partial charge in [-0.05, 0) is 18.6 Å². The first-order valence-corrected chi connectivity index (χ1v) is 5.76. The number of rotatable bonds is 1. The van der Waals surface area contributed by atoms with E-state index in [1.165, 1.54) is 0 Å². The van der Waals surface area contributed by atoms with Gasteiger partial charge in [0.1, 0.15) is 10.7 Å². The molecule has 1 saturated heterocycles. The lowest BCUT2D eigenvalue weighted by atomic mass is 10.1. The highest BCUT2D eigenvalue weighted by Crippen LogP contribution is 2.18. The molecule has 0 spiro atoms. The van der Waals surface area contributed by atoms with Gasteiger partial charge in [-0.2, -0.15) is 9.90 Å². The highest BCUT2D eigenvalue weighted by atomic mass is 35.5. The number of halogens is 1. The monoisotopic (exact) mass is 251 g/mol. The van der Waals surface area contributed by atoms with E-state index in [2.05, 4.69) is 20.5 Å². The fraction of sp³-hybridized carbons (Fsp3) is 0.400. The first-order chi connectivity index (χ1) is 8.22. The smallest absolute Gasteiger partial charge is 0.220 e. The molecule has 0 aliphatic carbocycles. The number of hydrogen-bond donors (Lipinski definition) is 1. The van der Waals surface area contributed by atoms with E-state index in [0.29, 0.717) is 29.3 Å². The minimum Gasteiger partial charge on any atom is -0.354 e. The fourth-order valence-corrected chi connectivity index (χ4v) is 2.02. The second-order valence-electron chi connectivity index (χ2n) is 3.99. The molecule has 7 heteroatoms. The van der Waals surface area contributed by atoms with E-state index in [1.807, 2.05) is 0 Å². The average Bonchev–Trinajstić information content (AvgIpc) is 2.72. The van der Waals surface area contributed by atoms with E-state index >= 15 is 0 Å². The van der Waals surface area contributed by atoms with Gasteiger partial charge in [-0.1, -0.05) is 11.6 Å². The van der Waals surface area contributed by atoms with E-state index < -0.39 is 0 Å². The quantitative estimate of drug-likeness (QED) is 0.766. The molecule has 1 atom stereocenters. The van der Waals surface area contributed by atoms with Crippen LogP contribution in [0.1, 0.15) is 18.9 Å². The molecule has 88 valence electrons. The first-order valence-electron chi connectivity index (χ1n) is 5.38. The maximum Gasteiger partial charge on any atom is 0.220 e. The van der Waals surface area contributed by atoms with Crippen LogP contribution in [0.25, 0.3) is 11.2 Å². The number of piperidine rings is 1. The molecule has 1 aliphatic heterocycles. The molecule has 2 aromatic rings. The summed E-state index contributed by atoms with van der Waals surface area (Å²) >= 11 is 5.79. The molecule has 0 aromatic carbocycles. The lowest BCUT2D eigenvalue weighted by Gasteiger charge is -2.21. The summed E-state index contributed by atoms with van der Waals surface area (Å²) in [6.07, 6.45) is 1.26. The van der Waals surface area contributed by atoms with Gasteiger partial charge in [0.15, 0.2) is 0 Å². The number of carbonyl (C=O) groups is 1. The van der Waals surface area contributed by atoms with Gasteiger partial charge >= 0.3 is 0 Å². The number of nitrogens with one attached hydrogen (secondary N) is 1. The third kappa shape index (κ3) is 1.95. The molecule has 0 radical (unpaired) electrons. The van der Waals surface area contributed by atoms with Crippen LogP contribution in [0.5, 0.6) is 0 Å². The second-order valence-corrected chi connectivity index (χ2v) is 4.38. The summed E-state index contributed by atoms with van der Waals surface area (Å²) in [5.41, 5.74) is 1.25. The number of carbonyl (C=O) groups excluding carboxylic acids is 1. The van der Waals surface area contributed by atoms with Crippen LogP contribution in [0, 0.1) is 0 Å². The maximum atomic E-state index is 11.1. The molecule has 0 saturated carbocycles. The highest BCUT2D eigenvalue weighted by Gasteiger charge is 2.21. The number of hydrogen-bond acceptors (Lipinski definition) is 4. The predicted octanol–water partition coefficient (Wildman–Crippen LogP) is 0.931. The molecule has 6 nitrogen and oxygen atoms in total. The van der Waals surface area contributed by atoms with Crippen LogP contribution >= 0.6 is 11.6 Å². The molecule has 1 N–H and O–H groups in total. The van der Waals surface area contributed by atoms with Gasteiger partial charge in [0, 0.05) is 13.0 Å². The van der Waals surface area contributed by atoms with Crippen molar-refractivity contribution >= 4 is 28.7 Å². The third-order valence-electron chi connectivity index (χ3n) is 2.79. The number of aromatic nitrogens is 4. The van der Waals surface area contributed by atoms with Crippen LogP contribution in [-0.2, 0) is 4.79 Å². The van der Waals surface area contributed by atoms with Crippen LogP contribution in [0.15, 0.2) is 12.1 Å².